The molecule has 1 aliphatic heterocycles. The molecule has 0 spiro atoms. The second-order valence-electron chi connectivity index (χ2n) is 5.20. The molecule has 1 heterocycles. The van der Waals surface area contributed by atoms with Crippen LogP contribution in [-0.4, -0.2) is 37.8 Å². The van der Waals surface area contributed by atoms with Crippen LogP contribution in [0.1, 0.15) is 12.5 Å². The number of hydrogen-bond donors (Lipinski definition) is 1. The highest BCUT2D eigenvalue weighted by atomic mass is 35.5. The molecule has 7 heteroatoms. The fourth-order valence-electron chi connectivity index (χ4n) is 2.49. The molecule has 2 rings (SSSR count). The van der Waals surface area contributed by atoms with Crippen molar-refractivity contribution in [1.29, 1.82) is 0 Å². The zero-order chi connectivity index (χ0) is 14.7. The normalized spacial score (nSPS) is 22.2. The molecule has 2 atom stereocenters. The molecule has 21 heavy (non-hydrogen) atoms. The quantitative estimate of drug-likeness (QED) is 0.905. The number of alkyl halides is 2. The first-order valence-electron chi connectivity index (χ1n) is 6.59. The Bertz CT molecular complexity index is 453. The molecule has 1 aliphatic rings. The zero-order valence-corrected chi connectivity index (χ0v) is 12.9. The van der Waals surface area contributed by atoms with Crippen LogP contribution in [0.5, 0.6) is 11.5 Å². The van der Waals surface area contributed by atoms with Gasteiger partial charge in [0.25, 0.3) is 0 Å². The molecule has 0 saturated carbocycles. The number of likely N-dealkylation sites (tertiary alicyclic amines) is 1. The van der Waals surface area contributed by atoms with Gasteiger partial charge in [0, 0.05) is 25.7 Å². The minimum Gasteiger partial charge on any atom is -0.493 e. The van der Waals surface area contributed by atoms with Crippen molar-refractivity contribution in [2.75, 3.05) is 20.2 Å². The van der Waals surface area contributed by atoms with Gasteiger partial charge in [-0.3, -0.25) is 4.90 Å². The summed E-state index contributed by atoms with van der Waals surface area (Å²) in [5.74, 6) is 0.821. The van der Waals surface area contributed by atoms with E-state index in [9.17, 15) is 8.78 Å². The molecule has 0 aromatic heterocycles. The molecule has 0 bridgehead atoms. The average molecular weight is 323 g/mol. The maximum absolute atomic E-state index is 12.4. The highest BCUT2D eigenvalue weighted by molar-refractivity contribution is 5.85. The monoisotopic (exact) mass is 322 g/mol. The zero-order valence-electron chi connectivity index (χ0n) is 12.1. The lowest BCUT2D eigenvalue weighted by Gasteiger charge is -2.17. The van der Waals surface area contributed by atoms with Crippen molar-refractivity contribution in [1.82, 2.24) is 4.90 Å². The van der Waals surface area contributed by atoms with Crippen LogP contribution in [0.25, 0.3) is 0 Å². The summed E-state index contributed by atoms with van der Waals surface area (Å²) in [5.41, 5.74) is 6.88. The molecule has 2 N–H and O–H groups in total. The first-order chi connectivity index (χ1) is 9.49. The van der Waals surface area contributed by atoms with Crippen LogP contribution < -0.4 is 15.2 Å². The van der Waals surface area contributed by atoms with Crippen molar-refractivity contribution in [2.45, 2.75) is 26.1 Å². The van der Waals surface area contributed by atoms with Crippen LogP contribution in [0, 0.1) is 5.92 Å². The van der Waals surface area contributed by atoms with Gasteiger partial charge in [-0.2, -0.15) is 8.78 Å². The molecule has 1 aromatic rings. The Hall–Kier alpha value is -1.11. The van der Waals surface area contributed by atoms with Crippen LogP contribution in [0.4, 0.5) is 8.78 Å². The Labute approximate surface area is 129 Å². The predicted molar refractivity (Wildman–Crippen MR) is 79.3 cm³/mol. The number of halogens is 3. The Morgan fingerprint density at radius 3 is 2.57 bits per heavy atom. The van der Waals surface area contributed by atoms with Crippen LogP contribution in [-0.2, 0) is 6.54 Å². The van der Waals surface area contributed by atoms with Crippen molar-refractivity contribution in [2.24, 2.45) is 11.7 Å². The largest absolute Gasteiger partial charge is 0.493 e. The molecule has 1 fully saturated rings. The third kappa shape index (κ3) is 4.69. The summed E-state index contributed by atoms with van der Waals surface area (Å²) in [6.07, 6.45) is 0. The van der Waals surface area contributed by atoms with E-state index in [1.165, 1.54) is 7.11 Å². The van der Waals surface area contributed by atoms with Gasteiger partial charge in [-0.1, -0.05) is 13.0 Å². The first-order valence-corrected chi connectivity index (χ1v) is 6.59. The van der Waals surface area contributed by atoms with E-state index in [-0.39, 0.29) is 24.2 Å². The van der Waals surface area contributed by atoms with Crippen LogP contribution >= 0.6 is 12.4 Å². The molecule has 120 valence electrons. The molecule has 0 radical (unpaired) electrons. The summed E-state index contributed by atoms with van der Waals surface area (Å²) in [5, 5.41) is 0. The third-order valence-electron chi connectivity index (χ3n) is 3.60. The highest BCUT2D eigenvalue weighted by Crippen LogP contribution is 2.30. The fraction of sp³-hybridized carbons (Fsp3) is 0.571. The summed E-state index contributed by atoms with van der Waals surface area (Å²) < 4.78 is 34.2. The minimum absolute atomic E-state index is 0. The van der Waals surface area contributed by atoms with Crippen molar-refractivity contribution >= 4 is 12.4 Å². The molecule has 0 aliphatic carbocycles. The van der Waals surface area contributed by atoms with E-state index in [0.29, 0.717) is 18.2 Å². The lowest BCUT2D eigenvalue weighted by molar-refractivity contribution is -0.0512. The van der Waals surface area contributed by atoms with Gasteiger partial charge >= 0.3 is 6.61 Å². The maximum atomic E-state index is 12.4. The van der Waals surface area contributed by atoms with Gasteiger partial charge in [0.1, 0.15) is 0 Å². The number of rotatable bonds is 5. The van der Waals surface area contributed by atoms with Gasteiger partial charge in [-0.05, 0) is 23.6 Å². The molecule has 1 aromatic carbocycles. The molecule has 0 amide bonds. The summed E-state index contributed by atoms with van der Waals surface area (Å²) >= 11 is 0. The number of ether oxygens (including phenoxy) is 2. The van der Waals surface area contributed by atoms with Gasteiger partial charge in [0.2, 0.25) is 0 Å². The van der Waals surface area contributed by atoms with Crippen molar-refractivity contribution in [3.63, 3.8) is 0 Å². The van der Waals surface area contributed by atoms with Crippen LogP contribution in [0.3, 0.4) is 0 Å². The molecule has 4 nitrogen and oxygen atoms in total. The summed E-state index contributed by atoms with van der Waals surface area (Å²) in [7, 11) is 1.43. The predicted octanol–water partition coefficient (Wildman–Crippen LogP) is 2.50. The number of methoxy groups -OCH3 is 1. The van der Waals surface area contributed by atoms with Gasteiger partial charge in [0.15, 0.2) is 11.5 Å². The molecular weight excluding hydrogens is 302 g/mol. The maximum Gasteiger partial charge on any atom is 0.387 e. The van der Waals surface area contributed by atoms with E-state index in [1.807, 2.05) is 6.07 Å². The highest BCUT2D eigenvalue weighted by Gasteiger charge is 2.26. The van der Waals surface area contributed by atoms with Gasteiger partial charge in [-0.25, -0.2) is 0 Å². The van der Waals surface area contributed by atoms with E-state index in [1.54, 1.807) is 12.1 Å². The lowest BCUT2D eigenvalue weighted by atomic mass is 10.1. The van der Waals surface area contributed by atoms with Gasteiger partial charge < -0.3 is 15.2 Å². The van der Waals surface area contributed by atoms with E-state index >= 15 is 0 Å². The standard InChI is InChI=1S/C14H20F2N2O2.ClH/c1-9-6-18(8-11(9)17)7-10-3-4-12(19-2)13(5-10)20-14(15)16;/h3-5,9,11,14H,6-8,17H2,1-2H3;1H. The number of nitrogens with two attached hydrogens (primary N) is 1. The molecule has 1 saturated heterocycles. The minimum atomic E-state index is -2.86. The van der Waals surface area contributed by atoms with Crippen molar-refractivity contribution < 1.29 is 18.3 Å². The van der Waals surface area contributed by atoms with Gasteiger partial charge in [-0.15, -0.1) is 12.4 Å². The van der Waals surface area contributed by atoms with Crippen molar-refractivity contribution in [3.8, 4) is 11.5 Å². The average Bonchev–Trinajstić information content (AvgIpc) is 2.68. The summed E-state index contributed by atoms with van der Waals surface area (Å²) in [4.78, 5) is 2.21. The third-order valence-corrected chi connectivity index (χ3v) is 3.60. The number of nitrogens with zero attached hydrogens (tertiary/aromatic N) is 1. The lowest BCUT2D eigenvalue weighted by Crippen LogP contribution is -2.28. The van der Waals surface area contributed by atoms with E-state index in [2.05, 4.69) is 16.6 Å². The number of hydrogen-bond acceptors (Lipinski definition) is 4. The first kappa shape index (κ1) is 17.9. The van der Waals surface area contributed by atoms with E-state index in [4.69, 9.17) is 10.5 Å². The smallest absolute Gasteiger partial charge is 0.387 e. The topological polar surface area (TPSA) is 47.7 Å². The van der Waals surface area contributed by atoms with E-state index in [0.717, 1.165) is 18.7 Å². The van der Waals surface area contributed by atoms with E-state index < -0.39 is 6.61 Å². The number of benzene rings is 1. The van der Waals surface area contributed by atoms with Crippen molar-refractivity contribution in [3.05, 3.63) is 23.8 Å². The summed E-state index contributed by atoms with van der Waals surface area (Å²) in [6.45, 7) is 1.65. The Morgan fingerprint density at radius 2 is 2.05 bits per heavy atom. The summed E-state index contributed by atoms with van der Waals surface area (Å²) in [6, 6.07) is 5.27. The molecular formula is C14H21ClF2N2O2. The van der Waals surface area contributed by atoms with Crippen LogP contribution in [0.15, 0.2) is 18.2 Å². The Morgan fingerprint density at radius 1 is 1.33 bits per heavy atom. The van der Waals surface area contributed by atoms with Crippen LogP contribution in [0.2, 0.25) is 0 Å². The Balaban J connectivity index is 0.00000220. The SMILES string of the molecule is COc1ccc(CN2CC(C)C(N)C2)cc1OC(F)F.Cl. The second-order valence-corrected chi connectivity index (χ2v) is 5.20. The molecule has 2 unspecified atom stereocenters. The fourth-order valence-corrected chi connectivity index (χ4v) is 2.49. The Kier molecular flexibility index (Phi) is 6.64. The second kappa shape index (κ2) is 7.77. The van der Waals surface area contributed by atoms with Gasteiger partial charge in [0.05, 0.1) is 7.11 Å².